The first kappa shape index (κ1) is 94.6. The smallest absolute Gasteiger partial charge is 0.306 e. The van der Waals surface area contributed by atoms with Crippen LogP contribution < -0.4 is 5.11 Å². The molecule has 0 radical (unpaired) electrons. The number of esters is 2. The van der Waals surface area contributed by atoms with Crippen molar-refractivity contribution in [2.75, 3.05) is 47.5 Å². The number of carbonyl (C=O) groups excluding carboxylic acids is 3. The van der Waals surface area contributed by atoms with Crippen LogP contribution in [0.3, 0.4) is 0 Å². The van der Waals surface area contributed by atoms with E-state index in [-0.39, 0.29) is 38.6 Å². The maximum Gasteiger partial charge on any atom is 0.306 e. The summed E-state index contributed by atoms with van der Waals surface area (Å²) < 4.78 is 22.8. The molecule has 2 atom stereocenters. The zero-order valence-electron chi connectivity index (χ0n) is 64.7. The number of likely N-dealkylation sites (N-methyl/N-ethyl adjacent to an activating group) is 1. The van der Waals surface area contributed by atoms with Crippen LogP contribution in [0.5, 0.6) is 0 Å². The Labute approximate surface area is 619 Å². The highest BCUT2D eigenvalue weighted by atomic mass is 16.7. The van der Waals surface area contributed by atoms with E-state index in [4.69, 9.17) is 18.9 Å². The van der Waals surface area contributed by atoms with Crippen molar-refractivity contribution < 1.29 is 42.9 Å². The minimum atomic E-state index is -1.64. The summed E-state index contributed by atoms with van der Waals surface area (Å²) in [5, 5.41) is 11.9. The third kappa shape index (κ3) is 80.8. The first-order valence-corrected chi connectivity index (χ1v) is 39.9. The highest BCUT2D eigenvalue weighted by molar-refractivity contribution is 5.70. The van der Waals surface area contributed by atoms with Crippen molar-refractivity contribution in [3.05, 3.63) is 219 Å². The highest BCUT2D eigenvalue weighted by Crippen LogP contribution is 2.16. The molecule has 0 aromatic carbocycles. The van der Waals surface area contributed by atoms with Crippen molar-refractivity contribution in [1.82, 2.24) is 0 Å². The first-order chi connectivity index (χ1) is 49.6. The Bertz CT molecular complexity index is 2470. The zero-order chi connectivity index (χ0) is 73.2. The molecule has 2 unspecified atom stereocenters. The normalized spacial score (nSPS) is 13.9. The Morgan fingerprint density at radius 1 is 0.297 bits per heavy atom. The second kappa shape index (κ2) is 79.3. The molecule has 0 aromatic rings. The number of carboxylic acid groups (broad SMARTS) is 1. The summed E-state index contributed by atoms with van der Waals surface area (Å²) in [5.41, 5.74) is 0. The minimum Gasteiger partial charge on any atom is -0.545 e. The van der Waals surface area contributed by atoms with Gasteiger partial charge in [-0.3, -0.25) is 9.59 Å². The van der Waals surface area contributed by atoms with Crippen LogP contribution in [0.2, 0.25) is 0 Å². The molecule has 101 heavy (non-hydrogen) atoms. The Balaban J connectivity index is 4.16. The number of ether oxygens (including phenoxy) is 4. The van der Waals surface area contributed by atoms with Gasteiger partial charge in [-0.05, 0) is 154 Å². The van der Waals surface area contributed by atoms with E-state index >= 15 is 0 Å². The summed E-state index contributed by atoms with van der Waals surface area (Å²) in [6, 6.07) is 0. The number of nitrogens with zero attached hydrogens (tertiary/aromatic N) is 1. The van der Waals surface area contributed by atoms with Gasteiger partial charge in [0.1, 0.15) is 13.2 Å². The Kier molecular flexibility index (Phi) is 74.3. The molecule has 0 amide bonds. The summed E-state index contributed by atoms with van der Waals surface area (Å²) in [6.07, 6.45) is 122. The van der Waals surface area contributed by atoms with Gasteiger partial charge < -0.3 is 33.3 Å². The van der Waals surface area contributed by atoms with Crippen LogP contribution in [0.25, 0.3) is 0 Å². The van der Waals surface area contributed by atoms with Crippen molar-refractivity contribution in [2.45, 2.75) is 296 Å². The standard InChI is InChI=1S/C92H145NO8/c1-6-8-10-12-14-16-18-20-22-24-26-28-30-32-34-36-38-40-42-44-45-47-48-50-52-54-56-58-60-62-64-66-68-70-72-74-76-78-80-82-89(94)99-86-88(87-100-92(91(96)97)98-85-84-93(3,4)5)101-90(95)83-81-79-77-75-73-71-69-67-65-63-61-59-57-55-53-51-49-46-43-41-39-37-35-33-31-29-27-25-23-21-19-17-15-13-11-9-7-2/h8-11,14-17,20-23,26-29,32-35,38-41,44-46,48-50,53,55,59,61,65,67,88,92H,6-7,12-13,18-19,24-25,30-31,36-37,42-43,47,51-52,54,56-58,60,62-64,66,68-87H2,1-5H3/b10-8-,11-9-,16-14-,17-15-,22-20-,23-21-,28-26-,29-27-,34-32-,35-33-,40-38-,41-39-,45-44-,49-46-,50-48-,55-53-,61-59-,67-65-. The molecule has 0 aliphatic carbocycles. The summed E-state index contributed by atoms with van der Waals surface area (Å²) >= 11 is 0. The van der Waals surface area contributed by atoms with Gasteiger partial charge in [0, 0.05) is 12.8 Å². The third-order valence-electron chi connectivity index (χ3n) is 16.2. The van der Waals surface area contributed by atoms with E-state index in [1.54, 1.807) is 0 Å². The fraction of sp³-hybridized carbons (Fsp3) is 0.576. The molecule has 9 nitrogen and oxygen atoms in total. The second-order valence-electron chi connectivity index (χ2n) is 26.9. The topological polar surface area (TPSA) is 111 Å². The van der Waals surface area contributed by atoms with Gasteiger partial charge in [-0.15, -0.1) is 0 Å². The lowest BCUT2D eigenvalue weighted by atomic mass is 10.0. The van der Waals surface area contributed by atoms with E-state index < -0.39 is 24.3 Å². The Hall–Kier alpha value is -6.39. The lowest BCUT2D eigenvalue weighted by Crippen LogP contribution is -2.44. The summed E-state index contributed by atoms with van der Waals surface area (Å²) in [5.74, 6) is -2.32. The molecule has 0 aromatic heterocycles. The van der Waals surface area contributed by atoms with Crippen LogP contribution in [-0.4, -0.2) is 82.3 Å². The maximum atomic E-state index is 13.0. The number of rotatable bonds is 71. The minimum absolute atomic E-state index is 0.134. The van der Waals surface area contributed by atoms with Crippen LogP contribution in [0, 0.1) is 0 Å². The van der Waals surface area contributed by atoms with Crippen LogP contribution in [0.1, 0.15) is 284 Å². The quantitative estimate of drug-likeness (QED) is 0.0195. The Morgan fingerprint density at radius 2 is 0.535 bits per heavy atom. The van der Waals surface area contributed by atoms with Gasteiger partial charge in [-0.1, -0.05) is 335 Å². The first-order valence-electron chi connectivity index (χ1n) is 39.9. The van der Waals surface area contributed by atoms with Gasteiger partial charge in [-0.25, -0.2) is 0 Å². The average molecular weight is 1390 g/mol. The molecule has 0 heterocycles. The van der Waals surface area contributed by atoms with Crippen molar-refractivity contribution in [1.29, 1.82) is 0 Å². The number of unbranched alkanes of at least 4 members (excludes halogenated alkanes) is 20. The van der Waals surface area contributed by atoms with E-state index in [1.807, 2.05) is 21.1 Å². The number of quaternary nitrogens is 1. The number of carboxylic acids is 1. The molecule has 0 aliphatic heterocycles. The van der Waals surface area contributed by atoms with Crippen molar-refractivity contribution in [3.63, 3.8) is 0 Å². The molecule has 9 heteroatoms. The van der Waals surface area contributed by atoms with Gasteiger partial charge in [0.15, 0.2) is 12.4 Å². The predicted octanol–water partition coefficient (Wildman–Crippen LogP) is 24.7. The highest BCUT2D eigenvalue weighted by Gasteiger charge is 2.22. The van der Waals surface area contributed by atoms with Crippen LogP contribution >= 0.6 is 0 Å². The number of allylic oxidation sites excluding steroid dienone is 36. The molecule has 0 rings (SSSR count). The van der Waals surface area contributed by atoms with Crippen LogP contribution in [0.4, 0.5) is 0 Å². The predicted molar refractivity (Wildman–Crippen MR) is 434 cm³/mol. The zero-order valence-corrected chi connectivity index (χ0v) is 64.7. The lowest BCUT2D eigenvalue weighted by molar-refractivity contribution is -0.870. The van der Waals surface area contributed by atoms with Gasteiger partial charge in [0.25, 0.3) is 0 Å². The average Bonchev–Trinajstić information content (AvgIpc) is 1.25. The molecule has 0 bridgehead atoms. The Morgan fingerprint density at radius 3 is 0.792 bits per heavy atom. The van der Waals surface area contributed by atoms with E-state index in [1.165, 1.54) is 77.0 Å². The number of carbonyl (C=O) groups is 3. The molecule has 0 aliphatic rings. The maximum absolute atomic E-state index is 13.0. The third-order valence-corrected chi connectivity index (χ3v) is 16.2. The van der Waals surface area contributed by atoms with E-state index in [2.05, 4.69) is 233 Å². The van der Waals surface area contributed by atoms with Gasteiger partial charge in [0.2, 0.25) is 0 Å². The number of hydrogen-bond acceptors (Lipinski definition) is 8. The molecule has 0 fully saturated rings. The molecule has 566 valence electrons. The molecule has 0 spiro atoms. The fourth-order valence-corrected chi connectivity index (χ4v) is 10.2. The van der Waals surface area contributed by atoms with Gasteiger partial charge >= 0.3 is 11.9 Å². The van der Waals surface area contributed by atoms with Crippen molar-refractivity contribution in [2.24, 2.45) is 0 Å². The van der Waals surface area contributed by atoms with Gasteiger partial charge in [0.05, 0.1) is 40.3 Å². The second-order valence-corrected chi connectivity index (χ2v) is 26.9. The van der Waals surface area contributed by atoms with Gasteiger partial charge in [-0.2, -0.15) is 0 Å². The molecule has 0 saturated carbocycles. The molecular weight excluding hydrogens is 1250 g/mol. The summed E-state index contributed by atoms with van der Waals surface area (Å²) in [4.78, 5) is 37.6. The largest absolute Gasteiger partial charge is 0.545 e. The number of aliphatic carboxylic acids is 1. The SMILES string of the molecule is CC/C=C\C/C=C\C/C=C\C/C=C\C/C=C\C/C=C\C/C=C\C/C=C\C/C=C\C/C=C\CCCCCCCCC(=O)OC(COC(=O)CCCCCCCCCCCCCCCC/C=C\C/C=C\C/C=C\C/C=C\C/C=C\C/C=C\C/C=C\C/C=C\CC)COC(OCC[N+](C)(C)C)C(=O)[O-]. The van der Waals surface area contributed by atoms with Crippen LogP contribution in [-0.2, 0) is 33.3 Å². The monoisotopic (exact) mass is 1390 g/mol. The molecule has 0 N–H and O–H groups in total. The summed E-state index contributed by atoms with van der Waals surface area (Å²) in [7, 11) is 5.92. The molecule has 0 saturated heterocycles. The van der Waals surface area contributed by atoms with Crippen molar-refractivity contribution in [3.8, 4) is 0 Å². The van der Waals surface area contributed by atoms with Crippen molar-refractivity contribution >= 4 is 17.9 Å². The summed E-state index contributed by atoms with van der Waals surface area (Å²) in [6.45, 7) is 4.49. The number of hydrogen-bond donors (Lipinski definition) is 0. The lowest BCUT2D eigenvalue weighted by Gasteiger charge is -2.26. The molecular formula is C92H145NO8. The van der Waals surface area contributed by atoms with E-state index in [0.717, 1.165) is 173 Å². The van der Waals surface area contributed by atoms with E-state index in [9.17, 15) is 19.5 Å². The van der Waals surface area contributed by atoms with E-state index in [0.29, 0.717) is 17.4 Å². The fourth-order valence-electron chi connectivity index (χ4n) is 10.2. The van der Waals surface area contributed by atoms with Crippen LogP contribution in [0.15, 0.2) is 219 Å².